The first-order valence-corrected chi connectivity index (χ1v) is 12.0. The molecule has 3 aliphatic heterocycles. The van der Waals surface area contributed by atoms with Crippen molar-refractivity contribution in [2.45, 2.75) is 45.2 Å². The first-order chi connectivity index (χ1) is 17.9. The van der Waals surface area contributed by atoms with E-state index in [9.17, 15) is 19.8 Å². The van der Waals surface area contributed by atoms with E-state index in [2.05, 4.69) is 4.98 Å². The number of carbonyl (C=O) groups is 1. The predicted octanol–water partition coefficient (Wildman–Crippen LogP) is 1.55. The Bertz CT molecular complexity index is 1710. The molecule has 3 aliphatic rings. The molecule has 37 heavy (non-hydrogen) atoms. The van der Waals surface area contributed by atoms with Gasteiger partial charge in [-0.3, -0.25) is 4.79 Å². The molecule has 0 spiro atoms. The molecule has 6 heterocycles. The number of benzene rings is 1. The average molecular weight is 502 g/mol. The molecule has 0 saturated carbocycles. The van der Waals surface area contributed by atoms with Gasteiger partial charge in [-0.2, -0.15) is 0 Å². The van der Waals surface area contributed by atoms with E-state index in [1.807, 2.05) is 10.6 Å². The molecular weight excluding hydrogens is 480 g/mol. The number of imidazole rings is 1. The van der Waals surface area contributed by atoms with Crippen LogP contribution in [-0.2, 0) is 41.4 Å². The summed E-state index contributed by atoms with van der Waals surface area (Å²) < 4.78 is 19.8. The van der Waals surface area contributed by atoms with E-state index in [-0.39, 0.29) is 49.7 Å². The van der Waals surface area contributed by atoms with Gasteiger partial charge >= 0.3 is 5.97 Å². The number of ether oxygens (including phenoxy) is 3. The van der Waals surface area contributed by atoms with Crippen molar-refractivity contribution in [1.29, 1.82) is 0 Å². The van der Waals surface area contributed by atoms with Gasteiger partial charge in [0.1, 0.15) is 19.0 Å². The van der Waals surface area contributed by atoms with E-state index in [1.165, 1.54) is 0 Å². The highest BCUT2D eigenvalue weighted by molar-refractivity contribution is 5.91. The smallest absolute Gasteiger partial charge is 0.343 e. The van der Waals surface area contributed by atoms with Crippen LogP contribution in [0, 0.1) is 0 Å². The fourth-order valence-corrected chi connectivity index (χ4v) is 5.54. The Morgan fingerprint density at radius 1 is 1.11 bits per heavy atom. The topological polar surface area (TPSA) is 138 Å². The predicted molar refractivity (Wildman–Crippen MR) is 128 cm³/mol. The van der Waals surface area contributed by atoms with Crippen LogP contribution >= 0.6 is 0 Å². The molecule has 2 N–H and O–H groups in total. The molecular formula is C26H22N4O7. The molecule has 4 aromatic rings. The summed E-state index contributed by atoms with van der Waals surface area (Å²) in [5.41, 5.74) is 1.79. The maximum atomic E-state index is 13.6. The van der Waals surface area contributed by atoms with E-state index >= 15 is 0 Å². The summed E-state index contributed by atoms with van der Waals surface area (Å²) in [5, 5.41) is 21.8. The molecule has 1 atom stereocenters. The standard InChI is InChI=1S/C26H22N4O7/c1-2-26(34)17-6-19-23-15(9-30(19)24(32)16(17)11-35-25(26)33)14(8-29-4-3-27-22(29)10-31)13-5-20-21(37-12-36-20)7-18(13)28-23/h3-7,31,34H,2,8-12H2,1H3/t26-/m0/s1. The van der Waals surface area contributed by atoms with Crippen molar-refractivity contribution >= 4 is 16.9 Å². The Morgan fingerprint density at radius 3 is 2.70 bits per heavy atom. The normalized spacial score (nSPS) is 19.1. The number of pyridine rings is 2. The first kappa shape index (κ1) is 22.0. The van der Waals surface area contributed by atoms with Gasteiger partial charge in [-0.15, -0.1) is 0 Å². The number of nitrogens with zero attached hydrogens (tertiary/aromatic N) is 4. The number of esters is 1. The second kappa shape index (κ2) is 7.64. The number of aliphatic hydroxyl groups is 2. The van der Waals surface area contributed by atoms with E-state index in [1.54, 1.807) is 36.0 Å². The quantitative estimate of drug-likeness (QED) is 0.351. The third kappa shape index (κ3) is 2.95. The largest absolute Gasteiger partial charge is 0.458 e. The second-order valence-electron chi connectivity index (χ2n) is 9.37. The SMILES string of the molecule is CC[C@@]1(O)C(=O)OCc2c1cc1n(c2=O)Cc2c-1nc1cc3c(cc1c2Cn1ccnc1CO)OCO3. The fraction of sp³-hybridized carbons (Fsp3) is 0.308. The average Bonchev–Trinajstić information content (AvgIpc) is 3.64. The lowest BCUT2D eigenvalue weighted by molar-refractivity contribution is -0.172. The molecule has 0 aliphatic carbocycles. The van der Waals surface area contributed by atoms with Crippen LogP contribution < -0.4 is 15.0 Å². The number of fused-ring (bicyclic) bond motifs is 6. The summed E-state index contributed by atoms with van der Waals surface area (Å²) in [7, 11) is 0. The minimum Gasteiger partial charge on any atom is -0.458 e. The number of hydrogen-bond donors (Lipinski definition) is 2. The Hall–Kier alpha value is -4.22. The van der Waals surface area contributed by atoms with Gasteiger partial charge in [-0.25, -0.2) is 14.8 Å². The zero-order valence-corrected chi connectivity index (χ0v) is 19.9. The third-order valence-corrected chi connectivity index (χ3v) is 7.57. The highest BCUT2D eigenvalue weighted by atomic mass is 16.7. The first-order valence-electron chi connectivity index (χ1n) is 12.0. The molecule has 188 valence electrons. The van der Waals surface area contributed by atoms with Gasteiger partial charge in [0, 0.05) is 41.5 Å². The van der Waals surface area contributed by atoms with Gasteiger partial charge < -0.3 is 33.6 Å². The molecule has 11 heteroatoms. The molecule has 0 amide bonds. The zero-order valence-electron chi connectivity index (χ0n) is 19.9. The monoisotopic (exact) mass is 502 g/mol. The van der Waals surface area contributed by atoms with Crippen LogP contribution in [0.2, 0.25) is 0 Å². The van der Waals surface area contributed by atoms with Gasteiger partial charge in [0.15, 0.2) is 17.1 Å². The lowest BCUT2D eigenvalue weighted by Gasteiger charge is -2.31. The van der Waals surface area contributed by atoms with E-state index in [4.69, 9.17) is 19.2 Å². The number of carbonyl (C=O) groups excluding carboxylic acids is 1. The Labute approximate surface area is 209 Å². The number of rotatable bonds is 4. The summed E-state index contributed by atoms with van der Waals surface area (Å²) in [6, 6.07) is 5.38. The van der Waals surface area contributed by atoms with Crippen LogP contribution in [0.25, 0.3) is 22.3 Å². The molecule has 0 fully saturated rings. The van der Waals surface area contributed by atoms with Crippen molar-refractivity contribution in [2.24, 2.45) is 0 Å². The summed E-state index contributed by atoms with van der Waals surface area (Å²) >= 11 is 0. The zero-order chi connectivity index (χ0) is 25.5. The maximum absolute atomic E-state index is 13.6. The fourth-order valence-electron chi connectivity index (χ4n) is 5.54. The number of aromatic nitrogens is 4. The van der Waals surface area contributed by atoms with E-state index in [0.717, 1.165) is 16.5 Å². The molecule has 0 unspecified atom stereocenters. The Morgan fingerprint density at radius 2 is 1.92 bits per heavy atom. The maximum Gasteiger partial charge on any atom is 0.343 e. The number of aliphatic hydroxyl groups excluding tert-OH is 1. The van der Waals surface area contributed by atoms with Crippen molar-refractivity contribution in [3.63, 3.8) is 0 Å². The van der Waals surface area contributed by atoms with Crippen LogP contribution in [0.3, 0.4) is 0 Å². The summed E-state index contributed by atoms with van der Waals surface area (Å²) in [6.45, 7) is 2.01. The third-order valence-electron chi connectivity index (χ3n) is 7.57. The van der Waals surface area contributed by atoms with Crippen LogP contribution in [0.4, 0.5) is 0 Å². The molecule has 0 bridgehead atoms. The van der Waals surface area contributed by atoms with Gasteiger partial charge in [0.25, 0.3) is 5.56 Å². The van der Waals surface area contributed by atoms with Crippen LogP contribution in [0.5, 0.6) is 11.5 Å². The van der Waals surface area contributed by atoms with Crippen molar-refractivity contribution in [3.05, 3.63) is 69.0 Å². The van der Waals surface area contributed by atoms with Crippen molar-refractivity contribution in [3.8, 4) is 22.9 Å². The molecule has 11 nitrogen and oxygen atoms in total. The number of hydrogen-bond acceptors (Lipinski definition) is 9. The molecule has 0 saturated heterocycles. The van der Waals surface area contributed by atoms with Crippen molar-refractivity contribution in [2.75, 3.05) is 6.79 Å². The minimum atomic E-state index is -1.90. The van der Waals surface area contributed by atoms with Crippen LogP contribution in [0.1, 0.15) is 41.4 Å². The Kier molecular flexibility index (Phi) is 4.55. The summed E-state index contributed by atoms with van der Waals surface area (Å²) in [4.78, 5) is 35.3. The molecule has 1 aromatic carbocycles. The number of cyclic esters (lactones) is 1. The molecule has 0 radical (unpaired) electrons. The van der Waals surface area contributed by atoms with Crippen LogP contribution in [0.15, 0.2) is 35.4 Å². The van der Waals surface area contributed by atoms with E-state index in [0.29, 0.717) is 40.8 Å². The van der Waals surface area contributed by atoms with E-state index < -0.39 is 11.6 Å². The minimum absolute atomic E-state index is 0.0685. The highest BCUT2D eigenvalue weighted by Gasteiger charge is 2.45. The highest BCUT2D eigenvalue weighted by Crippen LogP contribution is 2.43. The van der Waals surface area contributed by atoms with Crippen LogP contribution in [-0.4, -0.2) is 42.1 Å². The lowest BCUT2D eigenvalue weighted by Crippen LogP contribution is -2.44. The van der Waals surface area contributed by atoms with Gasteiger partial charge in [-0.1, -0.05) is 6.92 Å². The molecule has 7 rings (SSSR count). The van der Waals surface area contributed by atoms with Gasteiger partial charge in [0.05, 0.1) is 29.0 Å². The second-order valence-corrected chi connectivity index (χ2v) is 9.37. The lowest BCUT2D eigenvalue weighted by atomic mass is 9.86. The Balaban J connectivity index is 1.50. The molecule has 3 aromatic heterocycles. The van der Waals surface area contributed by atoms with Crippen molar-refractivity contribution in [1.82, 2.24) is 19.1 Å². The van der Waals surface area contributed by atoms with Gasteiger partial charge in [0.2, 0.25) is 6.79 Å². The summed E-state index contributed by atoms with van der Waals surface area (Å²) in [6.07, 6.45) is 3.48. The van der Waals surface area contributed by atoms with Gasteiger partial charge in [-0.05, 0) is 24.1 Å². The summed E-state index contributed by atoms with van der Waals surface area (Å²) in [5.74, 6) is 0.927. The van der Waals surface area contributed by atoms with Crippen molar-refractivity contribution < 1.29 is 29.2 Å².